The van der Waals surface area contributed by atoms with Gasteiger partial charge in [-0.05, 0) is 53.5 Å². The first kappa shape index (κ1) is 12.0. The smallest absolute Gasteiger partial charge is 0.216 e. The van der Waals surface area contributed by atoms with Gasteiger partial charge in [0.25, 0.3) is 0 Å². The van der Waals surface area contributed by atoms with Crippen molar-refractivity contribution in [1.29, 1.82) is 0 Å². The highest BCUT2D eigenvalue weighted by Crippen LogP contribution is 2.55. The fourth-order valence-electron chi connectivity index (χ4n) is 5.67. The maximum atomic E-state index is 8.78. The summed E-state index contributed by atoms with van der Waals surface area (Å²) >= 11 is 0. The molecule has 176 valence electrons. The first-order valence-corrected chi connectivity index (χ1v) is 11.6. The fourth-order valence-corrected chi connectivity index (χ4v) is 5.67. The lowest BCUT2D eigenvalue weighted by Crippen LogP contribution is -2.31. The van der Waals surface area contributed by atoms with Crippen LogP contribution in [0.1, 0.15) is 86.2 Å². The molecule has 0 saturated carbocycles. The third kappa shape index (κ3) is 2.92. The third-order valence-corrected chi connectivity index (χ3v) is 7.54. The largest absolute Gasteiger partial charge is 0.454 e. The number of rotatable bonds is 4. The summed E-state index contributed by atoms with van der Waals surface area (Å²) in [6, 6.07) is 17.3. The Morgan fingerprint density at radius 1 is 0.914 bits per heavy atom. The van der Waals surface area contributed by atoms with Crippen LogP contribution in [0.15, 0.2) is 71.3 Å². The zero-order chi connectivity index (χ0) is 35.4. The number of hydrogen-bond acceptors (Lipinski definition) is 1. The third-order valence-electron chi connectivity index (χ3n) is 7.54. The summed E-state index contributed by atoms with van der Waals surface area (Å²) in [6.07, 6.45) is 0.754. The lowest BCUT2D eigenvalue weighted by Gasteiger charge is -2.29. The van der Waals surface area contributed by atoms with E-state index in [1.54, 1.807) is 29.8 Å². The number of aromatic nitrogens is 1. The zero-order valence-electron chi connectivity index (χ0n) is 32.6. The summed E-state index contributed by atoms with van der Waals surface area (Å²) in [5, 5.41) is 1.40. The van der Waals surface area contributed by atoms with Gasteiger partial charge in [0, 0.05) is 51.7 Å². The van der Waals surface area contributed by atoms with E-state index in [1.165, 1.54) is 18.3 Å². The van der Waals surface area contributed by atoms with Crippen molar-refractivity contribution in [2.24, 2.45) is 7.05 Å². The van der Waals surface area contributed by atoms with Crippen LogP contribution in [0.5, 0.6) is 0 Å². The molecule has 0 fully saturated rings. The normalized spacial score (nSPS) is 21.4. The van der Waals surface area contributed by atoms with E-state index in [2.05, 4.69) is 0 Å². The average molecular weight is 474 g/mol. The van der Waals surface area contributed by atoms with E-state index in [9.17, 15) is 0 Å². The quantitative estimate of drug-likeness (QED) is 0.239. The molecule has 1 aliphatic rings. The molecular formula is C33H34NO+. The van der Waals surface area contributed by atoms with Crippen LogP contribution in [0, 0.1) is 6.92 Å². The van der Waals surface area contributed by atoms with Crippen LogP contribution in [0.3, 0.4) is 0 Å². The van der Waals surface area contributed by atoms with Crippen LogP contribution < -0.4 is 4.57 Å². The number of aryl methyl sites for hydroxylation is 2. The Morgan fingerprint density at radius 2 is 1.66 bits per heavy atom. The number of hydrogen-bond donors (Lipinski definition) is 0. The van der Waals surface area contributed by atoms with E-state index >= 15 is 0 Å². The molecule has 35 heavy (non-hydrogen) atoms. The molecule has 0 unspecified atom stereocenters. The molecule has 0 spiro atoms. The summed E-state index contributed by atoms with van der Waals surface area (Å²) < 4.78 is 115. The standard InChI is InChI=1S/C33H34NO/c1-7-33(8-2)26-12-10-9-11-25(26)30-27(33)16-15-24-23-14-13-21(5)29(31(23)35-32(24)30)28-19-22(20(3)4)17-18-34(28)6/h9-20H,7-8H2,1-6H3/q+1/i1D3,2D3,3D3,4D3,20D. The maximum Gasteiger partial charge on any atom is 0.216 e. The first-order valence-electron chi connectivity index (χ1n) is 18.1. The Labute approximate surface area is 226 Å². The number of fused-ring (bicyclic) bond motifs is 7. The number of nitrogens with zero attached hydrogens (tertiary/aromatic N) is 1. The lowest BCUT2D eigenvalue weighted by molar-refractivity contribution is -0.660. The van der Waals surface area contributed by atoms with Gasteiger partial charge >= 0.3 is 0 Å². The highest BCUT2D eigenvalue weighted by atomic mass is 16.3. The van der Waals surface area contributed by atoms with Crippen molar-refractivity contribution in [2.75, 3.05) is 0 Å². The van der Waals surface area contributed by atoms with Crippen LogP contribution in [0.4, 0.5) is 0 Å². The van der Waals surface area contributed by atoms with Gasteiger partial charge in [-0.2, -0.15) is 0 Å². The molecule has 2 nitrogen and oxygen atoms in total. The van der Waals surface area contributed by atoms with Crippen molar-refractivity contribution < 1.29 is 26.8 Å². The summed E-state index contributed by atoms with van der Waals surface area (Å²) in [6.45, 7) is -9.38. The fraction of sp³-hybridized carbons (Fsp3) is 0.303. The summed E-state index contributed by atoms with van der Waals surface area (Å²) in [5.74, 6) is -2.90. The zero-order valence-corrected chi connectivity index (χ0v) is 19.6. The predicted octanol–water partition coefficient (Wildman–Crippen LogP) is 8.60. The first-order chi connectivity index (χ1) is 22.0. The van der Waals surface area contributed by atoms with E-state index in [0.717, 1.165) is 5.56 Å². The topological polar surface area (TPSA) is 17.0 Å². The average Bonchev–Trinajstić information content (AvgIpc) is 3.43. The molecular weight excluding hydrogens is 426 g/mol. The Bertz CT molecular complexity index is 2050. The van der Waals surface area contributed by atoms with Crippen LogP contribution in [0.2, 0.25) is 0 Å². The molecule has 0 saturated heterocycles. The number of furan rings is 1. The molecule has 0 aliphatic heterocycles. The van der Waals surface area contributed by atoms with Crippen molar-refractivity contribution in [1.82, 2.24) is 0 Å². The Morgan fingerprint density at radius 3 is 2.43 bits per heavy atom. The number of benzene rings is 3. The molecule has 0 bridgehead atoms. The van der Waals surface area contributed by atoms with Gasteiger partial charge in [0.1, 0.15) is 18.2 Å². The van der Waals surface area contributed by atoms with Crippen molar-refractivity contribution in [3.05, 3.63) is 89.1 Å². The minimum atomic E-state index is -3.17. The van der Waals surface area contributed by atoms with Gasteiger partial charge in [-0.15, -0.1) is 0 Å². The maximum absolute atomic E-state index is 8.78. The van der Waals surface area contributed by atoms with Gasteiger partial charge in [0.2, 0.25) is 5.69 Å². The minimum Gasteiger partial charge on any atom is -0.454 e. The molecule has 0 amide bonds. The SMILES string of the molecule is [2H]C([2H])([2H])CC1(CC([2H])([2H])[2H])c2ccccc2-c2c1ccc1c2oc2c(-c3cc(C([2H])(C([2H])([2H])[2H])C([2H])([2H])[2H])cc[n+]3C)c(C)ccc21. The minimum absolute atomic E-state index is 0.197. The molecule has 5 aromatic rings. The molecule has 3 aromatic carbocycles. The van der Waals surface area contributed by atoms with Gasteiger partial charge in [0.05, 0.1) is 5.56 Å². The van der Waals surface area contributed by atoms with E-state index in [0.29, 0.717) is 55.4 Å². The monoisotopic (exact) mass is 473 g/mol. The predicted molar refractivity (Wildman–Crippen MR) is 146 cm³/mol. The molecule has 0 N–H and O–H groups in total. The van der Waals surface area contributed by atoms with E-state index in [-0.39, 0.29) is 18.4 Å². The molecule has 2 heteroatoms. The van der Waals surface area contributed by atoms with Gasteiger partial charge in [0.15, 0.2) is 6.20 Å². The summed E-state index contributed by atoms with van der Waals surface area (Å²) in [4.78, 5) is 0. The van der Waals surface area contributed by atoms with Gasteiger partial charge < -0.3 is 4.42 Å². The Hall–Kier alpha value is -3.39. The van der Waals surface area contributed by atoms with Crippen molar-refractivity contribution in [3.63, 3.8) is 0 Å². The molecule has 0 radical (unpaired) electrons. The van der Waals surface area contributed by atoms with Gasteiger partial charge in [-0.25, -0.2) is 4.57 Å². The second kappa shape index (κ2) is 7.81. The van der Waals surface area contributed by atoms with Crippen LogP contribution in [-0.2, 0) is 12.5 Å². The van der Waals surface area contributed by atoms with Crippen molar-refractivity contribution in [2.45, 2.75) is 58.5 Å². The van der Waals surface area contributed by atoms with Gasteiger partial charge in [-0.1, -0.05) is 75.9 Å². The van der Waals surface area contributed by atoms with Crippen molar-refractivity contribution >= 4 is 21.9 Å². The lowest BCUT2D eigenvalue weighted by atomic mass is 9.74. The van der Waals surface area contributed by atoms with Crippen LogP contribution in [-0.4, -0.2) is 0 Å². The second-order valence-electron chi connectivity index (χ2n) is 9.37. The summed E-state index contributed by atoms with van der Waals surface area (Å²) in [7, 11) is 1.72. The van der Waals surface area contributed by atoms with E-state index < -0.39 is 38.7 Å². The Balaban J connectivity index is 1.68. The van der Waals surface area contributed by atoms with Crippen LogP contribution in [0.25, 0.3) is 44.3 Å². The highest BCUT2D eigenvalue weighted by Gasteiger charge is 2.42. The van der Waals surface area contributed by atoms with Crippen molar-refractivity contribution in [3.8, 4) is 22.4 Å². The summed E-state index contributed by atoms with van der Waals surface area (Å²) in [5.41, 5.74) is 3.52. The second-order valence-corrected chi connectivity index (χ2v) is 9.37. The molecule has 2 aromatic heterocycles. The highest BCUT2D eigenvalue weighted by molar-refractivity contribution is 6.14. The molecule has 6 rings (SSSR count). The van der Waals surface area contributed by atoms with Gasteiger partial charge in [-0.3, -0.25) is 0 Å². The van der Waals surface area contributed by atoms with E-state index in [1.807, 2.05) is 37.3 Å². The molecule has 0 atom stereocenters. The molecule has 2 heterocycles. The van der Waals surface area contributed by atoms with Crippen LogP contribution >= 0.6 is 0 Å². The van der Waals surface area contributed by atoms with E-state index in [4.69, 9.17) is 22.2 Å². The number of pyridine rings is 1. The Kier molecular flexibility index (Phi) is 2.69. The molecule has 1 aliphatic carbocycles.